The van der Waals surface area contributed by atoms with Gasteiger partial charge in [-0.2, -0.15) is 0 Å². The summed E-state index contributed by atoms with van der Waals surface area (Å²) in [6.45, 7) is 0.643. The molecule has 0 unspecified atom stereocenters. The van der Waals surface area contributed by atoms with E-state index in [0.29, 0.717) is 0 Å². The normalized spacial score (nSPS) is 26.0. The van der Waals surface area contributed by atoms with Crippen LogP contribution in [0.4, 0.5) is 0 Å². The lowest BCUT2D eigenvalue weighted by atomic mass is 9.93. The summed E-state index contributed by atoms with van der Waals surface area (Å²) in [5, 5.41) is 23.4. The molecule has 0 saturated carbocycles. The SMILES string of the molecule is COC(=O)C1=C[C@H](N=[N+]=[N-])[C@@H](N)[C@H]([C@H](O)[C@H](O)COC(C)=O)O1. The molecule has 1 aliphatic rings. The lowest BCUT2D eigenvalue weighted by Crippen LogP contribution is -2.56. The van der Waals surface area contributed by atoms with E-state index in [9.17, 15) is 19.8 Å². The Morgan fingerprint density at radius 3 is 2.74 bits per heavy atom. The van der Waals surface area contributed by atoms with Gasteiger partial charge < -0.3 is 30.2 Å². The molecule has 128 valence electrons. The third-order valence-electron chi connectivity index (χ3n) is 3.12. The molecule has 0 spiro atoms. The minimum atomic E-state index is -1.60. The molecule has 0 radical (unpaired) electrons. The number of carbonyl (C=O) groups is 2. The van der Waals surface area contributed by atoms with Gasteiger partial charge in [0, 0.05) is 11.8 Å². The summed E-state index contributed by atoms with van der Waals surface area (Å²) >= 11 is 0. The lowest BCUT2D eigenvalue weighted by Gasteiger charge is -2.36. The molecule has 23 heavy (non-hydrogen) atoms. The first-order chi connectivity index (χ1) is 10.8. The highest BCUT2D eigenvalue weighted by Gasteiger charge is 2.41. The number of azide groups is 1. The van der Waals surface area contributed by atoms with Crippen LogP contribution in [-0.2, 0) is 23.8 Å². The third-order valence-corrected chi connectivity index (χ3v) is 3.12. The van der Waals surface area contributed by atoms with Gasteiger partial charge in [-0.1, -0.05) is 5.11 Å². The maximum Gasteiger partial charge on any atom is 0.372 e. The van der Waals surface area contributed by atoms with Gasteiger partial charge in [-0.15, -0.1) is 0 Å². The molecule has 11 heteroatoms. The highest BCUT2D eigenvalue weighted by Crippen LogP contribution is 2.24. The van der Waals surface area contributed by atoms with E-state index < -0.39 is 48.9 Å². The fourth-order valence-electron chi connectivity index (χ4n) is 1.93. The Kier molecular flexibility index (Phi) is 6.79. The van der Waals surface area contributed by atoms with E-state index in [-0.39, 0.29) is 5.76 Å². The van der Waals surface area contributed by atoms with Crippen LogP contribution in [0.15, 0.2) is 16.9 Å². The number of methoxy groups -OCH3 is 1. The summed E-state index contributed by atoms with van der Waals surface area (Å²) in [5.41, 5.74) is 14.4. The molecule has 0 aliphatic carbocycles. The van der Waals surface area contributed by atoms with Crippen molar-refractivity contribution in [1.82, 2.24) is 0 Å². The van der Waals surface area contributed by atoms with E-state index in [1.807, 2.05) is 0 Å². The van der Waals surface area contributed by atoms with E-state index in [0.717, 1.165) is 20.1 Å². The highest BCUT2D eigenvalue weighted by atomic mass is 16.6. The van der Waals surface area contributed by atoms with Crippen molar-refractivity contribution >= 4 is 11.9 Å². The fraction of sp³-hybridized carbons (Fsp3) is 0.667. The van der Waals surface area contributed by atoms with Crippen LogP contribution in [0.3, 0.4) is 0 Å². The molecule has 0 saturated heterocycles. The van der Waals surface area contributed by atoms with Crippen molar-refractivity contribution in [3.63, 3.8) is 0 Å². The molecule has 0 aromatic heterocycles. The van der Waals surface area contributed by atoms with Gasteiger partial charge >= 0.3 is 11.9 Å². The Labute approximate surface area is 131 Å². The van der Waals surface area contributed by atoms with Gasteiger partial charge in [-0.3, -0.25) is 4.79 Å². The van der Waals surface area contributed by atoms with E-state index in [1.54, 1.807) is 0 Å². The summed E-state index contributed by atoms with van der Waals surface area (Å²) < 4.78 is 14.3. The largest absolute Gasteiger partial charge is 0.479 e. The van der Waals surface area contributed by atoms with Crippen molar-refractivity contribution in [3.05, 3.63) is 22.3 Å². The third kappa shape index (κ3) is 4.83. The minimum Gasteiger partial charge on any atom is -0.479 e. The zero-order chi connectivity index (χ0) is 17.6. The summed E-state index contributed by atoms with van der Waals surface area (Å²) in [7, 11) is 1.12. The van der Waals surface area contributed by atoms with Gasteiger partial charge in [0.15, 0.2) is 0 Å². The number of carbonyl (C=O) groups excluding carboxylic acids is 2. The van der Waals surface area contributed by atoms with Crippen LogP contribution in [0.5, 0.6) is 0 Å². The van der Waals surface area contributed by atoms with Gasteiger partial charge in [0.2, 0.25) is 5.76 Å². The van der Waals surface area contributed by atoms with Crippen molar-refractivity contribution in [2.24, 2.45) is 10.8 Å². The topological polar surface area (TPSA) is 177 Å². The number of nitrogens with two attached hydrogens (primary N) is 1. The van der Waals surface area contributed by atoms with Crippen molar-refractivity contribution in [1.29, 1.82) is 0 Å². The molecule has 0 amide bonds. The van der Waals surface area contributed by atoms with Crippen molar-refractivity contribution in [3.8, 4) is 0 Å². The molecule has 1 rings (SSSR count). The first-order valence-corrected chi connectivity index (χ1v) is 6.57. The van der Waals surface area contributed by atoms with E-state index in [1.165, 1.54) is 0 Å². The molecular weight excluding hydrogens is 312 g/mol. The number of esters is 2. The smallest absolute Gasteiger partial charge is 0.372 e. The monoisotopic (exact) mass is 330 g/mol. The molecule has 1 aliphatic heterocycles. The number of ether oxygens (including phenoxy) is 3. The first-order valence-electron chi connectivity index (χ1n) is 6.57. The van der Waals surface area contributed by atoms with E-state index in [2.05, 4.69) is 19.5 Å². The van der Waals surface area contributed by atoms with Crippen LogP contribution >= 0.6 is 0 Å². The number of rotatable bonds is 6. The van der Waals surface area contributed by atoms with Gasteiger partial charge in [0.25, 0.3) is 0 Å². The lowest BCUT2D eigenvalue weighted by molar-refractivity contribution is -0.154. The zero-order valence-electron chi connectivity index (χ0n) is 12.5. The quantitative estimate of drug-likeness (QED) is 0.233. The fourth-order valence-corrected chi connectivity index (χ4v) is 1.93. The maximum atomic E-state index is 11.6. The Morgan fingerprint density at radius 2 is 2.22 bits per heavy atom. The molecule has 0 aromatic rings. The summed E-state index contributed by atoms with van der Waals surface area (Å²) in [4.78, 5) is 24.9. The van der Waals surface area contributed by atoms with Crippen molar-refractivity contribution < 1.29 is 34.0 Å². The second kappa shape index (κ2) is 8.34. The number of aliphatic hydroxyl groups is 2. The van der Waals surface area contributed by atoms with Crippen LogP contribution in [-0.4, -0.2) is 66.3 Å². The number of hydrogen-bond acceptors (Lipinski definition) is 9. The molecule has 1 heterocycles. The molecule has 0 aromatic carbocycles. The average Bonchev–Trinajstić information content (AvgIpc) is 2.53. The average molecular weight is 330 g/mol. The highest BCUT2D eigenvalue weighted by molar-refractivity contribution is 5.86. The predicted molar refractivity (Wildman–Crippen MR) is 74.5 cm³/mol. The van der Waals surface area contributed by atoms with Gasteiger partial charge in [0.05, 0.1) is 19.2 Å². The Balaban J connectivity index is 2.96. The number of nitrogens with zero attached hydrogens (tertiary/aromatic N) is 3. The molecule has 0 fully saturated rings. The second-order valence-electron chi connectivity index (χ2n) is 4.74. The Morgan fingerprint density at radius 1 is 1.57 bits per heavy atom. The number of aliphatic hydroxyl groups excluding tert-OH is 2. The standard InChI is InChI=1S/C12H18N4O7/c1-5(17)22-4-7(18)10(19)11-9(13)6(15-16-14)3-8(23-11)12(20)21-2/h3,6-7,9-11,18-19H,4,13H2,1-2H3/t6-,7+,9+,10+,11+/m0/s1. The van der Waals surface area contributed by atoms with Crippen LogP contribution in [0.2, 0.25) is 0 Å². The minimum absolute atomic E-state index is 0.310. The summed E-state index contributed by atoms with van der Waals surface area (Å²) in [6, 6.07) is -2.04. The molecule has 11 nitrogen and oxygen atoms in total. The molecule has 0 bridgehead atoms. The number of hydrogen-bond donors (Lipinski definition) is 3. The summed E-state index contributed by atoms with van der Waals surface area (Å²) in [6.07, 6.45) is -3.24. The van der Waals surface area contributed by atoms with Crippen LogP contribution < -0.4 is 5.73 Å². The Bertz CT molecular complexity index is 532. The van der Waals surface area contributed by atoms with Crippen molar-refractivity contribution in [2.45, 2.75) is 37.3 Å². The van der Waals surface area contributed by atoms with Crippen LogP contribution in [0, 0.1) is 0 Å². The van der Waals surface area contributed by atoms with Crippen molar-refractivity contribution in [2.75, 3.05) is 13.7 Å². The van der Waals surface area contributed by atoms with Gasteiger partial charge in [0.1, 0.15) is 24.9 Å². The molecule has 4 N–H and O–H groups in total. The van der Waals surface area contributed by atoms with Crippen LogP contribution in [0.25, 0.3) is 10.4 Å². The van der Waals surface area contributed by atoms with E-state index >= 15 is 0 Å². The second-order valence-corrected chi connectivity index (χ2v) is 4.74. The Hall–Kier alpha value is -2.33. The van der Waals surface area contributed by atoms with Gasteiger partial charge in [-0.05, 0) is 11.6 Å². The van der Waals surface area contributed by atoms with Gasteiger partial charge in [-0.25, -0.2) is 4.79 Å². The van der Waals surface area contributed by atoms with E-state index in [4.69, 9.17) is 16.0 Å². The van der Waals surface area contributed by atoms with Crippen LogP contribution in [0.1, 0.15) is 6.92 Å². The first kappa shape index (κ1) is 18.7. The summed E-state index contributed by atoms with van der Waals surface area (Å²) in [5.74, 6) is -1.82. The zero-order valence-corrected chi connectivity index (χ0v) is 12.5. The molecular formula is C12H18N4O7. The maximum absolute atomic E-state index is 11.6. The molecule has 5 atom stereocenters. The predicted octanol–water partition coefficient (Wildman–Crippen LogP) is -1.27.